The van der Waals surface area contributed by atoms with Crippen LogP contribution in [0.2, 0.25) is 0 Å². The molecule has 1 saturated heterocycles. The molecule has 0 aromatic heterocycles. The van der Waals surface area contributed by atoms with Gasteiger partial charge in [0.15, 0.2) is 0 Å². The predicted molar refractivity (Wildman–Crippen MR) is 80.0 cm³/mol. The van der Waals surface area contributed by atoms with Gasteiger partial charge in [0.05, 0.1) is 5.92 Å². The first-order valence-electron chi connectivity index (χ1n) is 7.43. The number of carboxylic acid groups (broad SMARTS) is 1. The second-order valence-electron chi connectivity index (χ2n) is 5.74. The molecule has 0 aromatic carbocycles. The summed E-state index contributed by atoms with van der Waals surface area (Å²) in [5.41, 5.74) is 0. The standard InChI is InChI=1S/C14H24N2O3S/c1-20-12-7-3-2-6-11(12)15-14(19)16-8-4-5-10(9-16)13(17)18/h10-12H,2-9H2,1H3,(H,15,19)(H,17,18)/t10?,11-,12-/m0/s1. The fourth-order valence-electron chi connectivity index (χ4n) is 3.16. The fraction of sp³-hybridized carbons (Fsp3) is 0.857. The number of thioether (sulfide) groups is 1. The van der Waals surface area contributed by atoms with Crippen molar-refractivity contribution in [3.8, 4) is 0 Å². The quantitative estimate of drug-likeness (QED) is 0.838. The topological polar surface area (TPSA) is 69.6 Å². The minimum Gasteiger partial charge on any atom is -0.481 e. The van der Waals surface area contributed by atoms with E-state index < -0.39 is 11.9 Å². The Bertz CT molecular complexity index is 364. The van der Waals surface area contributed by atoms with Gasteiger partial charge in [0.25, 0.3) is 0 Å². The van der Waals surface area contributed by atoms with Gasteiger partial charge >= 0.3 is 12.0 Å². The number of nitrogens with zero attached hydrogens (tertiary/aromatic N) is 1. The van der Waals surface area contributed by atoms with Gasteiger partial charge in [-0.2, -0.15) is 11.8 Å². The summed E-state index contributed by atoms with van der Waals surface area (Å²) in [5.74, 6) is -1.20. The summed E-state index contributed by atoms with van der Waals surface area (Å²) >= 11 is 1.82. The molecule has 1 heterocycles. The molecule has 0 spiro atoms. The third kappa shape index (κ3) is 3.81. The van der Waals surface area contributed by atoms with Crippen molar-refractivity contribution in [1.29, 1.82) is 0 Å². The Morgan fingerprint density at radius 2 is 1.95 bits per heavy atom. The molecule has 0 bridgehead atoms. The Balaban J connectivity index is 1.88. The van der Waals surface area contributed by atoms with Crippen LogP contribution in [0.3, 0.4) is 0 Å². The Morgan fingerprint density at radius 1 is 1.20 bits per heavy atom. The summed E-state index contributed by atoms with van der Waals surface area (Å²) in [6.07, 6.45) is 8.15. The van der Waals surface area contributed by atoms with Gasteiger partial charge in [0, 0.05) is 24.4 Å². The Kier molecular flexibility index (Phi) is 5.57. The van der Waals surface area contributed by atoms with Crippen molar-refractivity contribution in [3.05, 3.63) is 0 Å². The van der Waals surface area contributed by atoms with Gasteiger partial charge in [0.1, 0.15) is 0 Å². The van der Waals surface area contributed by atoms with Gasteiger partial charge in [-0.05, 0) is 31.9 Å². The summed E-state index contributed by atoms with van der Waals surface area (Å²) in [6.45, 7) is 1.02. The van der Waals surface area contributed by atoms with E-state index in [2.05, 4.69) is 11.6 Å². The molecule has 2 amide bonds. The SMILES string of the molecule is CS[C@H]1CCCC[C@@H]1NC(=O)N1CCCC(C(=O)O)C1. The zero-order valence-electron chi connectivity index (χ0n) is 12.0. The van der Waals surface area contributed by atoms with E-state index in [1.54, 1.807) is 4.90 Å². The lowest BCUT2D eigenvalue weighted by Gasteiger charge is -2.35. The summed E-state index contributed by atoms with van der Waals surface area (Å²) in [4.78, 5) is 25.0. The molecule has 20 heavy (non-hydrogen) atoms. The maximum atomic E-state index is 12.3. The van der Waals surface area contributed by atoms with Crippen LogP contribution >= 0.6 is 11.8 Å². The maximum absolute atomic E-state index is 12.3. The van der Waals surface area contributed by atoms with E-state index in [0.717, 1.165) is 19.3 Å². The lowest BCUT2D eigenvalue weighted by molar-refractivity contribution is -0.143. The van der Waals surface area contributed by atoms with Crippen molar-refractivity contribution in [2.45, 2.75) is 49.8 Å². The summed E-state index contributed by atoms with van der Waals surface area (Å²) in [6, 6.07) is 0.151. The molecule has 0 radical (unpaired) electrons. The molecule has 1 saturated carbocycles. The second kappa shape index (κ2) is 7.20. The first-order valence-corrected chi connectivity index (χ1v) is 8.71. The van der Waals surface area contributed by atoms with Crippen LogP contribution in [0.25, 0.3) is 0 Å². The number of hydrogen-bond donors (Lipinski definition) is 2. The van der Waals surface area contributed by atoms with Crippen molar-refractivity contribution in [1.82, 2.24) is 10.2 Å². The normalized spacial score (nSPS) is 30.9. The Morgan fingerprint density at radius 3 is 2.65 bits per heavy atom. The minimum absolute atomic E-state index is 0.0816. The smallest absolute Gasteiger partial charge is 0.317 e. The number of piperidine rings is 1. The zero-order valence-corrected chi connectivity index (χ0v) is 12.8. The van der Waals surface area contributed by atoms with Crippen molar-refractivity contribution >= 4 is 23.8 Å². The molecule has 2 N–H and O–H groups in total. The van der Waals surface area contributed by atoms with Crippen molar-refractivity contribution in [2.24, 2.45) is 5.92 Å². The van der Waals surface area contributed by atoms with Crippen molar-refractivity contribution in [3.63, 3.8) is 0 Å². The first-order chi connectivity index (χ1) is 9.61. The van der Waals surface area contributed by atoms with Gasteiger partial charge in [-0.3, -0.25) is 4.79 Å². The lowest BCUT2D eigenvalue weighted by Crippen LogP contribution is -2.52. The van der Waals surface area contributed by atoms with Crippen LogP contribution in [0.1, 0.15) is 38.5 Å². The highest BCUT2D eigenvalue weighted by molar-refractivity contribution is 7.99. The molecule has 2 rings (SSSR count). The number of carboxylic acids is 1. The number of carbonyl (C=O) groups excluding carboxylic acids is 1. The molecule has 0 aromatic rings. The number of rotatable bonds is 3. The molecule has 114 valence electrons. The number of aliphatic carboxylic acids is 1. The van der Waals surface area contributed by atoms with Crippen LogP contribution in [-0.4, -0.2) is 52.6 Å². The second-order valence-corrected chi connectivity index (χ2v) is 6.81. The highest BCUT2D eigenvalue weighted by Crippen LogP contribution is 2.27. The van der Waals surface area contributed by atoms with E-state index in [9.17, 15) is 9.59 Å². The van der Waals surface area contributed by atoms with Crippen molar-refractivity contribution in [2.75, 3.05) is 19.3 Å². The van der Waals surface area contributed by atoms with Crippen LogP contribution in [0.5, 0.6) is 0 Å². The van der Waals surface area contributed by atoms with E-state index in [0.29, 0.717) is 24.8 Å². The number of hydrogen-bond acceptors (Lipinski definition) is 3. The van der Waals surface area contributed by atoms with Gasteiger partial charge in [-0.15, -0.1) is 0 Å². The minimum atomic E-state index is -0.790. The number of amides is 2. The van der Waals surface area contributed by atoms with Crippen LogP contribution in [0.4, 0.5) is 4.79 Å². The van der Waals surface area contributed by atoms with E-state index in [4.69, 9.17) is 5.11 Å². The Hall–Kier alpha value is -0.910. The average molecular weight is 300 g/mol. The summed E-state index contributed by atoms with van der Waals surface area (Å²) in [5, 5.41) is 12.7. The van der Waals surface area contributed by atoms with Gasteiger partial charge < -0.3 is 15.3 Å². The molecular weight excluding hydrogens is 276 g/mol. The molecule has 1 aliphatic carbocycles. The molecule has 1 aliphatic heterocycles. The number of urea groups is 1. The van der Waals surface area contributed by atoms with Crippen LogP contribution in [0.15, 0.2) is 0 Å². The highest BCUT2D eigenvalue weighted by atomic mass is 32.2. The number of carbonyl (C=O) groups is 2. The molecule has 5 nitrogen and oxygen atoms in total. The van der Waals surface area contributed by atoms with Gasteiger partial charge in [-0.25, -0.2) is 4.79 Å². The third-order valence-corrected chi connectivity index (χ3v) is 5.54. The van der Waals surface area contributed by atoms with Crippen LogP contribution in [-0.2, 0) is 4.79 Å². The van der Waals surface area contributed by atoms with E-state index >= 15 is 0 Å². The molecule has 2 aliphatic rings. The zero-order chi connectivity index (χ0) is 14.5. The number of nitrogens with one attached hydrogen (secondary N) is 1. The van der Waals surface area contributed by atoms with Crippen LogP contribution < -0.4 is 5.32 Å². The summed E-state index contributed by atoms with van der Waals surface area (Å²) < 4.78 is 0. The van der Waals surface area contributed by atoms with Crippen molar-refractivity contribution < 1.29 is 14.7 Å². The van der Waals surface area contributed by atoms with E-state index in [1.165, 1.54) is 12.8 Å². The lowest BCUT2D eigenvalue weighted by atomic mass is 9.94. The first kappa shape index (κ1) is 15.5. The van der Waals surface area contributed by atoms with E-state index in [1.807, 2.05) is 11.8 Å². The Labute approximate surface area is 124 Å². The third-order valence-electron chi connectivity index (χ3n) is 4.37. The number of likely N-dealkylation sites (tertiary alicyclic amines) is 1. The van der Waals surface area contributed by atoms with Gasteiger partial charge in [-0.1, -0.05) is 12.8 Å². The predicted octanol–water partition coefficient (Wildman–Crippen LogP) is 2.17. The largest absolute Gasteiger partial charge is 0.481 e. The molecule has 3 atom stereocenters. The fourth-order valence-corrected chi connectivity index (χ4v) is 4.09. The highest BCUT2D eigenvalue weighted by Gasteiger charge is 2.31. The molecule has 6 heteroatoms. The average Bonchev–Trinajstić information content (AvgIpc) is 2.48. The van der Waals surface area contributed by atoms with E-state index in [-0.39, 0.29) is 12.1 Å². The maximum Gasteiger partial charge on any atom is 0.317 e. The molecule has 1 unspecified atom stereocenters. The van der Waals surface area contributed by atoms with Crippen LogP contribution in [0, 0.1) is 5.92 Å². The molecular formula is C14H24N2O3S. The van der Waals surface area contributed by atoms with Gasteiger partial charge in [0.2, 0.25) is 0 Å². The summed E-state index contributed by atoms with van der Waals surface area (Å²) in [7, 11) is 0. The molecule has 2 fully saturated rings. The monoisotopic (exact) mass is 300 g/mol.